The molecule has 0 bridgehead atoms. The molecule has 0 aliphatic heterocycles. The van der Waals surface area contributed by atoms with Crippen LogP contribution in [0.5, 0.6) is 0 Å². The van der Waals surface area contributed by atoms with E-state index in [4.69, 9.17) is 0 Å². The van der Waals surface area contributed by atoms with Crippen molar-refractivity contribution in [3.63, 3.8) is 0 Å². The van der Waals surface area contributed by atoms with E-state index < -0.39 is 24.7 Å². The van der Waals surface area contributed by atoms with Crippen molar-refractivity contribution in [3.05, 3.63) is 0 Å². The third-order valence-electron chi connectivity index (χ3n) is 1.58. The summed E-state index contributed by atoms with van der Waals surface area (Å²) in [4.78, 5) is 0. The van der Waals surface area contributed by atoms with Crippen molar-refractivity contribution in [1.29, 1.82) is 0 Å². The molecule has 0 amide bonds. The number of hydrogen-bond acceptors (Lipinski definition) is 5. The summed E-state index contributed by atoms with van der Waals surface area (Å²) < 4.78 is 47.5. The Kier molecular flexibility index (Phi) is 4.12. The van der Waals surface area contributed by atoms with Gasteiger partial charge in [0, 0.05) is 0 Å². The molecular weight excluding hydrogens is 228 g/mol. The van der Waals surface area contributed by atoms with Crippen molar-refractivity contribution in [1.82, 2.24) is 0 Å². The molecule has 86 valence electrons. The van der Waals surface area contributed by atoms with Gasteiger partial charge in [-0.25, -0.2) is 8.42 Å². The lowest BCUT2D eigenvalue weighted by Crippen LogP contribution is -2.32. The molecule has 0 saturated carbocycles. The summed E-state index contributed by atoms with van der Waals surface area (Å²) in [7, 11) is -6.87. The zero-order valence-corrected chi connectivity index (χ0v) is 10.4. The molecule has 0 aromatic heterocycles. The Morgan fingerprint density at radius 1 is 1.07 bits per heavy atom. The molecule has 0 aromatic rings. The van der Waals surface area contributed by atoms with Crippen LogP contribution < -0.4 is 0 Å². The Morgan fingerprint density at radius 3 is 1.79 bits per heavy atom. The van der Waals surface area contributed by atoms with Crippen LogP contribution in [0, 0.1) is 0 Å². The van der Waals surface area contributed by atoms with Gasteiger partial charge in [-0.3, -0.25) is 4.18 Å². The monoisotopic (exact) mass is 244 g/mol. The number of sulfone groups is 1. The lowest BCUT2D eigenvalue weighted by Gasteiger charge is -2.18. The fraction of sp³-hybridized carbons (Fsp3) is 1.00. The molecule has 7 heteroatoms. The molecule has 0 aliphatic rings. The first-order valence-corrected chi connectivity index (χ1v) is 7.49. The number of rotatable bonds is 4. The highest BCUT2D eigenvalue weighted by Gasteiger charge is 2.28. The van der Waals surface area contributed by atoms with Crippen molar-refractivity contribution in [2.24, 2.45) is 0 Å². The molecule has 0 fully saturated rings. The van der Waals surface area contributed by atoms with E-state index in [1.54, 1.807) is 20.8 Å². The predicted molar refractivity (Wildman–Crippen MR) is 54.3 cm³/mol. The minimum Gasteiger partial charge on any atom is -0.269 e. The third kappa shape index (κ3) is 4.92. The predicted octanol–water partition coefficient (Wildman–Crippen LogP) is 0.176. The molecule has 0 atom stereocenters. The van der Waals surface area contributed by atoms with Crippen LogP contribution in [0.4, 0.5) is 0 Å². The fourth-order valence-electron chi connectivity index (χ4n) is 0.601. The van der Waals surface area contributed by atoms with E-state index in [2.05, 4.69) is 4.18 Å². The third-order valence-corrected chi connectivity index (χ3v) is 4.75. The van der Waals surface area contributed by atoms with E-state index in [0.29, 0.717) is 0 Å². The molecule has 0 aliphatic carbocycles. The van der Waals surface area contributed by atoms with Crippen LogP contribution in [-0.4, -0.2) is 40.2 Å². The summed E-state index contributed by atoms with van der Waals surface area (Å²) in [5.74, 6) is -0.288. The van der Waals surface area contributed by atoms with Crippen LogP contribution >= 0.6 is 0 Å². The van der Waals surface area contributed by atoms with Crippen LogP contribution in [0.25, 0.3) is 0 Å². The van der Waals surface area contributed by atoms with Crippen LogP contribution in [0.2, 0.25) is 0 Å². The van der Waals surface area contributed by atoms with Crippen molar-refractivity contribution >= 4 is 20.0 Å². The zero-order chi connectivity index (χ0) is 11.6. The number of hydrogen-bond donors (Lipinski definition) is 0. The first-order valence-electron chi connectivity index (χ1n) is 4.02. The van der Waals surface area contributed by atoms with Gasteiger partial charge in [0.25, 0.3) is 10.1 Å². The van der Waals surface area contributed by atoms with Gasteiger partial charge in [0.05, 0.1) is 23.4 Å². The van der Waals surface area contributed by atoms with Crippen molar-refractivity contribution in [2.45, 2.75) is 25.5 Å². The van der Waals surface area contributed by atoms with Gasteiger partial charge in [-0.1, -0.05) is 0 Å². The fourth-order valence-corrected chi connectivity index (χ4v) is 2.01. The van der Waals surface area contributed by atoms with E-state index in [1.165, 1.54) is 0 Å². The molecule has 0 aromatic carbocycles. The van der Waals surface area contributed by atoms with Gasteiger partial charge in [-0.2, -0.15) is 8.42 Å². The van der Waals surface area contributed by atoms with Crippen molar-refractivity contribution in [3.8, 4) is 0 Å². The van der Waals surface area contributed by atoms with E-state index >= 15 is 0 Å². The quantitative estimate of drug-likeness (QED) is 0.659. The molecule has 0 spiro atoms. The van der Waals surface area contributed by atoms with Crippen LogP contribution in [-0.2, 0) is 24.1 Å². The second kappa shape index (κ2) is 4.16. The van der Waals surface area contributed by atoms with E-state index in [9.17, 15) is 16.8 Å². The Balaban J connectivity index is 4.31. The Morgan fingerprint density at radius 2 is 1.50 bits per heavy atom. The minimum absolute atomic E-state index is 0.288. The van der Waals surface area contributed by atoms with Gasteiger partial charge in [-0.15, -0.1) is 0 Å². The molecule has 5 nitrogen and oxygen atoms in total. The lowest BCUT2D eigenvalue weighted by molar-refractivity contribution is 0.342. The molecule has 0 N–H and O–H groups in total. The normalized spacial score (nSPS) is 14.3. The maximum Gasteiger partial charge on any atom is 0.264 e. The van der Waals surface area contributed by atoms with Crippen LogP contribution in [0.15, 0.2) is 0 Å². The average molecular weight is 244 g/mol. The summed E-state index contributed by atoms with van der Waals surface area (Å²) in [5.41, 5.74) is 0. The van der Waals surface area contributed by atoms with Gasteiger partial charge in [0.2, 0.25) is 0 Å². The van der Waals surface area contributed by atoms with Gasteiger partial charge >= 0.3 is 0 Å². The topological polar surface area (TPSA) is 77.5 Å². The lowest BCUT2D eigenvalue weighted by atomic mass is 10.3. The second-order valence-corrected chi connectivity index (χ2v) is 8.46. The minimum atomic E-state index is -3.56. The highest BCUT2D eigenvalue weighted by molar-refractivity contribution is 7.92. The second-order valence-electron chi connectivity index (χ2n) is 3.96. The molecule has 0 saturated heterocycles. The van der Waals surface area contributed by atoms with Crippen molar-refractivity contribution < 1.29 is 21.0 Å². The highest BCUT2D eigenvalue weighted by Crippen LogP contribution is 2.15. The average Bonchev–Trinajstić information content (AvgIpc) is 1.80. The summed E-state index contributed by atoms with van der Waals surface area (Å²) in [6.07, 6.45) is 0.886. The largest absolute Gasteiger partial charge is 0.269 e. The maximum absolute atomic E-state index is 11.5. The standard InChI is InChI=1S/C7H16O5S2/c1-7(2,3)14(10,11)6-5-12-13(4,8)9/h5-6H2,1-4H3. The molecule has 0 heterocycles. The highest BCUT2D eigenvalue weighted by atomic mass is 32.2. The molecule has 0 rings (SSSR count). The SMILES string of the molecule is CC(C)(C)S(=O)(=O)CCOS(C)(=O)=O. The zero-order valence-electron chi connectivity index (χ0n) is 8.77. The summed E-state index contributed by atoms with van der Waals surface area (Å²) in [6.45, 7) is 4.35. The first kappa shape index (κ1) is 13.9. The Hall–Kier alpha value is -0.140. The summed E-state index contributed by atoms with van der Waals surface area (Å²) in [6, 6.07) is 0. The van der Waals surface area contributed by atoms with Crippen molar-refractivity contribution in [2.75, 3.05) is 18.6 Å². The van der Waals surface area contributed by atoms with Crippen LogP contribution in [0.1, 0.15) is 20.8 Å². The summed E-state index contributed by atoms with van der Waals surface area (Å²) in [5, 5.41) is 0. The van der Waals surface area contributed by atoms with Gasteiger partial charge in [0.1, 0.15) is 0 Å². The van der Waals surface area contributed by atoms with Crippen LogP contribution in [0.3, 0.4) is 0 Å². The van der Waals surface area contributed by atoms with Gasteiger partial charge < -0.3 is 0 Å². The first-order chi connectivity index (χ1) is 5.96. The molecule has 0 unspecified atom stereocenters. The van der Waals surface area contributed by atoms with E-state index in [-0.39, 0.29) is 12.4 Å². The van der Waals surface area contributed by atoms with Gasteiger partial charge in [-0.05, 0) is 20.8 Å². The van der Waals surface area contributed by atoms with E-state index in [1.807, 2.05) is 0 Å². The molecule has 0 radical (unpaired) electrons. The Labute approximate surface area is 85.5 Å². The van der Waals surface area contributed by atoms with Gasteiger partial charge in [0.15, 0.2) is 9.84 Å². The Bertz CT molecular complexity index is 371. The molecule has 14 heavy (non-hydrogen) atoms. The van der Waals surface area contributed by atoms with E-state index in [0.717, 1.165) is 6.26 Å². The smallest absolute Gasteiger partial charge is 0.264 e. The molecular formula is C7H16O5S2. The maximum atomic E-state index is 11.5. The summed E-state index contributed by atoms with van der Waals surface area (Å²) >= 11 is 0.